The molecule has 0 aliphatic carbocycles. The molecule has 0 fully saturated rings. The van der Waals surface area contributed by atoms with Crippen LogP contribution in [0.25, 0.3) is 0 Å². The Morgan fingerprint density at radius 3 is 2.54 bits per heavy atom. The van der Waals surface area contributed by atoms with Gasteiger partial charge in [0.1, 0.15) is 0 Å². The summed E-state index contributed by atoms with van der Waals surface area (Å²) in [6.45, 7) is 9.49. The molecule has 0 amide bonds. The number of carbonyl (C=O) groups is 1. The second-order valence-corrected chi connectivity index (χ2v) is 5.55. The predicted octanol–water partition coefficient (Wildman–Crippen LogP) is 1.84. The minimum Gasteiger partial charge on any atom is -0.464 e. The van der Waals surface area contributed by atoms with Crippen LogP contribution in [0.3, 0.4) is 0 Å². The summed E-state index contributed by atoms with van der Waals surface area (Å²) in [5.41, 5.74) is 0.716. The minimum absolute atomic E-state index is 0.212. The van der Waals surface area contributed by atoms with Crippen molar-refractivity contribution in [2.45, 2.75) is 45.4 Å². The second-order valence-electron chi connectivity index (χ2n) is 3.36. The van der Waals surface area contributed by atoms with E-state index in [1.807, 2.05) is 0 Å². The van der Waals surface area contributed by atoms with E-state index >= 15 is 0 Å². The van der Waals surface area contributed by atoms with Crippen molar-refractivity contribution in [2.75, 3.05) is 0 Å². The first kappa shape index (κ1) is 12.4. The maximum absolute atomic E-state index is 11.2. The van der Waals surface area contributed by atoms with Gasteiger partial charge in [-0.15, -0.1) is 0 Å². The van der Waals surface area contributed by atoms with Gasteiger partial charge < -0.3 is 4.74 Å². The molecule has 0 aromatic heterocycles. The third kappa shape index (κ3) is 5.63. The highest BCUT2D eigenvalue weighted by Gasteiger charge is 2.12. The molecular formula is C10H20O2Si. The third-order valence-corrected chi connectivity index (χ3v) is 4.46. The first-order valence-electron chi connectivity index (χ1n) is 4.98. The van der Waals surface area contributed by atoms with Crippen molar-refractivity contribution in [1.29, 1.82) is 0 Å². The number of esters is 1. The predicted molar refractivity (Wildman–Crippen MR) is 58.6 cm³/mol. The molecule has 0 saturated carbocycles. The van der Waals surface area contributed by atoms with Gasteiger partial charge >= 0.3 is 5.97 Å². The summed E-state index contributed by atoms with van der Waals surface area (Å²) in [6, 6.07) is 1.25. The SMILES string of the molecule is C=C(C)C(=O)OC(CC)[SiH2]CCC. The summed E-state index contributed by atoms with van der Waals surface area (Å²) < 4.78 is 5.29. The molecule has 0 aromatic rings. The van der Waals surface area contributed by atoms with Gasteiger partial charge in [-0.3, -0.25) is 0 Å². The number of ether oxygens (including phenoxy) is 1. The monoisotopic (exact) mass is 200 g/mol. The van der Waals surface area contributed by atoms with E-state index in [1.165, 1.54) is 12.5 Å². The van der Waals surface area contributed by atoms with Gasteiger partial charge in [0.25, 0.3) is 0 Å². The van der Waals surface area contributed by atoms with Crippen LogP contribution in [0.2, 0.25) is 6.04 Å². The maximum atomic E-state index is 11.2. The van der Waals surface area contributed by atoms with Crippen LogP contribution in [-0.4, -0.2) is 21.2 Å². The average molecular weight is 200 g/mol. The molecule has 0 rings (SSSR count). The zero-order valence-corrected chi connectivity index (χ0v) is 10.3. The molecule has 0 bridgehead atoms. The molecule has 0 saturated heterocycles. The van der Waals surface area contributed by atoms with E-state index in [0.29, 0.717) is 5.57 Å². The Hall–Kier alpha value is -0.573. The van der Waals surface area contributed by atoms with E-state index in [1.54, 1.807) is 6.92 Å². The summed E-state index contributed by atoms with van der Waals surface area (Å²) >= 11 is 0. The fourth-order valence-corrected chi connectivity index (χ4v) is 2.57. The van der Waals surface area contributed by atoms with Gasteiger partial charge in [0.2, 0.25) is 0 Å². The molecule has 2 nitrogen and oxygen atoms in total. The minimum atomic E-state index is -0.234. The summed E-state index contributed by atoms with van der Waals surface area (Å²) in [4.78, 5) is 11.2. The Balaban J connectivity index is 3.83. The van der Waals surface area contributed by atoms with Gasteiger partial charge in [0.05, 0.1) is 15.2 Å². The first-order chi connectivity index (χ1) is 6.11. The van der Waals surface area contributed by atoms with Crippen LogP contribution in [0.15, 0.2) is 12.2 Å². The largest absolute Gasteiger partial charge is 0.464 e. The average Bonchev–Trinajstić information content (AvgIpc) is 2.11. The van der Waals surface area contributed by atoms with Crippen molar-refractivity contribution in [3.05, 3.63) is 12.2 Å². The van der Waals surface area contributed by atoms with Crippen molar-refractivity contribution < 1.29 is 9.53 Å². The molecule has 3 heteroatoms. The molecular weight excluding hydrogens is 180 g/mol. The summed E-state index contributed by atoms with van der Waals surface area (Å²) in [6.07, 6.45) is 2.15. The summed E-state index contributed by atoms with van der Waals surface area (Å²) in [5, 5.41) is 0. The molecule has 0 radical (unpaired) electrons. The smallest absolute Gasteiger partial charge is 0.333 e. The quantitative estimate of drug-likeness (QED) is 0.371. The number of carbonyl (C=O) groups excluding carboxylic acids is 1. The summed E-state index contributed by atoms with van der Waals surface area (Å²) in [5.74, 6) is -0.226. The van der Waals surface area contributed by atoms with E-state index in [2.05, 4.69) is 20.4 Å². The molecule has 0 spiro atoms. The summed E-state index contributed by atoms with van der Waals surface area (Å²) in [7, 11) is -0.234. The van der Waals surface area contributed by atoms with Crippen molar-refractivity contribution in [3.8, 4) is 0 Å². The molecule has 0 aliphatic rings. The van der Waals surface area contributed by atoms with Gasteiger partial charge in [0.15, 0.2) is 0 Å². The first-order valence-corrected chi connectivity index (χ1v) is 6.79. The zero-order valence-electron chi connectivity index (χ0n) is 8.93. The topological polar surface area (TPSA) is 26.3 Å². The van der Waals surface area contributed by atoms with E-state index < -0.39 is 0 Å². The highest BCUT2D eigenvalue weighted by Crippen LogP contribution is 2.04. The van der Waals surface area contributed by atoms with Gasteiger partial charge in [0, 0.05) is 5.57 Å². The fourth-order valence-electron chi connectivity index (χ4n) is 1.03. The van der Waals surface area contributed by atoms with E-state index in [0.717, 1.165) is 6.42 Å². The Morgan fingerprint density at radius 1 is 1.54 bits per heavy atom. The van der Waals surface area contributed by atoms with Crippen LogP contribution in [0.5, 0.6) is 0 Å². The van der Waals surface area contributed by atoms with Gasteiger partial charge in [-0.25, -0.2) is 4.79 Å². The molecule has 1 unspecified atom stereocenters. The lowest BCUT2D eigenvalue weighted by Gasteiger charge is -2.15. The van der Waals surface area contributed by atoms with Crippen molar-refractivity contribution >= 4 is 15.5 Å². The number of hydrogen-bond donors (Lipinski definition) is 0. The second kappa shape index (κ2) is 6.89. The van der Waals surface area contributed by atoms with E-state index in [9.17, 15) is 4.79 Å². The Labute approximate surface area is 83.2 Å². The van der Waals surface area contributed by atoms with Gasteiger partial charge in [-0.05, 0) is 13.3 Å². The lowest BCUT2D eigenvalue weighted by atomic mass is 10.4. The molecule has 1 atom stereocenters. The van der Waals surface area contributed by atoms with Crippen molar-refractivity contribution in [1.82, 2.24) is 0 Å². The lowest BCUT2D eigenvalue weighted by molar-refractivity contribution is -0.140. The molecule has 76 valence electrons. The highest BCUT2D eigenvalue weighted by atomic mass is 28.2. The Bertz CT molecular complexity index is 178. The van der Waals surface area contributed by atoms with Crippen molar-refractivity contribution in [2.24, 2.45) is 0 Å². The van der Waals surface area contributed by atoms with Crippen LogP contribution in [0.4, 0.5) is 0 Å². The van der Waals surface area contributed by atoms with Crippen LogP contribution in [0, 0.1) is 0 Å². The molecule has 0 aromatic carbocycles. The molecule has 0 N–H and O–H groups in total. The van der Waals surface area contributed by atoms with Crippen molar-refractivity contribution in [3.63, 3.8) is 0 Å². The lowest BCUT2D eigenvalue weighted by Crippen LogP contribution is -2.23. The van der Waals surface area contributed by atoms with Crippen LogP contribution >= 0.6 is 0 Å². The maximum Gasteiger partial charge on any atom is 0.333 e. The third-order valence-electron chi connectivity index (χ3n) is 1.96. The van der Waals surface area contributed by atoms with Gasteiger partial charge in [-0.1, -0.05) is 32.9 Å². The van der Waals surface area contributed by atoms with E-state index in [4.69, 9.17) is 4.74 Å². The standard InChI is InChI=1S/C10H20O2Si/c1-5-7-13-9(6-2)12-10(11)8(3)4/h9H,3,5-7,13H2,1-2,4H3. The van der Waals surface area contributed by atoms with Crippen LogP contribution < -0.4 is 0 Å². The highest BCUT2D eigenvalue weighted by molar-refractivity contribution is 6.37. The Kier molecular flexibility index (Phi) is 6.59. The Morgan fingerprint density at radius 2 is 2.15 bits per heavy atom. The van der Waals surface area contributed by atoms with Crippen LogP contribution in [0.1, 0.15) is 33.6 Å². The fraction of sp³-hybridized carbons (Fsp3) is 0.700. The number of rotatable bonds is 6. The normalized spacial score (nSPS) is 13.2. The molecule has 13 heavy (non-hydrogen) atoms. The van der Waals surface area contributed by atoms with Crippen LogP contribution in [-0.2, 0) is 9.53 Å². The van der Waals surface area contributed by atoms with Gasteiger partial charge in [-0.2, -0.15) is 0 Å². The molecule has 0 heterocycles. The van der Waals surface area contributed by atoms with E-state index in [-0.39, 0.29) is 21.2 Å². The zero-order chi connectivity index (χ0) is 10.3. The molecule has 0 aliphatic heterocycles. The number of hydrogen-bond acceptors (Lipinski definition) is 2.